The Bertz CT molecular complexity index is 2660. The summed E-state index contributed by atoms with van der Waals surface area (Å²) < 4.78 is 18.8. The Kier molecular flexibility index (Phi) is 10.9. The van der Waals surface area contributed by atoms with Gasteiger partial charge in [-0.05, 0) is 93.2 Å². The van der Waals surface area contributed by atoms with Crippen LogP contribution in [-0.4, -0.2) is 113 Å². The molecule has 1 unspecified atom stereocenters. The van der Waals surface area contributed by atoms with Gasteiger partial charge in [0, 0.05) is 69.2 Å². The second-order valence-corrected chi connectivity index (χ2v) is 17.5. The van der Waals surface area contributed by atoms with E-state index in [4.69, 9.17) is 5.10 Å². The summed E-state index contributed by atoms with van der Waals surface area (Å²) in [5.74, 6) is -1.51. The number of piperidine rings is 3. The number of rotatable bonds is 12. The number of imide groups is 2. The predicted molar refractivity (Wildman–Crippen MR) is 230 cm³/mol. The summed E-state index contributed by atoms with van der Waals surface area (Å²) in [6.07, 6.45) is 11.0. The number of halogens is 1. The van der Waals surface area contributed by atoms with Crippen LogP contribution in [-0.2, 0) is 16.1 Å². The molecular formula is C45H48FN13O5. The van der Waals surface area contributed by atoms with Gasteiger partial charge < -0.3 is 20.4 Å². The number of nitrogens with one attached hydrogen (secondary N) is 3. The number of likely N-dealkylation sites (tertiary alicyclic amines) is 1. The molecule has 3 saturated heterocycles. The zero-order valence-electron chi connectivity index (χ0n) is 35.4. The molecule has 5 aromatic rings. The molecule has 1 atom stereocenters. The molecule has 5 aliphatic rings. The summed E-state index contributed by atoms with van der Waals surface area (Å²) >= 11 is 0. The second kappa shape index (κ2) is 17.0. The third-order valence-corrected chi connectivity index (χ3v) is 13.2. The number of anilines is 3. The number of benzene rings is 2. The largest absolute Gasteiger partial charge is 0.371 e. The fourth-order valence-corrected chi connectivity index (χ4v) is 9.32. The van der Waals surface area contributed by atoms with Gasteiger partial charge >= 0.3 is 0 Å². The van der Waals surface area contributed by atoms with Gasteiger partial charge in [0.25, 0.3) is 17.7 Å². The number of carbonyl (C=O) groups is 5. The molecule has 5 amide bonds. The average Bonchev–Trinajstić information content (AvgIpc) is 3.73. The van der Waals surface area contributed by atoms with Gasteiger partial charge in [-0.25, -0.2) is 19.0 Å². The van der Waals surface area contributed by atoms with E-state index in [0.29, 0.717) is 28.9 Å². The van der Waals surface area contributed by atoms with Crippen molar-refractivity contribution in [2.75, 3.05) is 42.9 Å². The highest BCUT2D eigenvalue weighted by Crippen LogP contribution is 2.35. The van der Waals surface area contributed by atoms with E-state index in [1.165, 1.54) is 0 Å². The van der Waals surface area contributed by atoms with Gasteiger partial charge in [-0.15, -0.1) is 5.10 Å². The van der Waals surface area contributed by atoms with E-state index in [1.54, 1.807) is 29.1 Å². The van der Waals surface area contributed by atoms with Gasteiger partial charge in [-0.2, -0.15) is 5.10 Å². The summed E-state index contributed by atoms with van der Waals surface area (Å²) in [5, 5.41) is 21.1. The first kappa shape index (κ1) is 41.1. The Balaban J connectivity index is 0.686. The number of fused-ring (bicyclic) bond motifs is 1. The van der Waals surface area contributed by atoms with Gasteiger partial charge in [-0.1, -0.05) is 17.3 Å². The molecule has 2 aromatic carbocycles. The lowest BCUT2D eigenvalue weighted by atomic mass is 9.94. The lowest BCUT2D eigenvalue weighted by molar-refractivity contribution is -0.136. The average molecular weight is 870 g/mol. The molecule has 7 heterocycles. The smallest absolute Gasteiger partial charge is 0.273 e. The maximum absolute atomic E-state index is 15.1. The minimum Gasteiger partial charge on any atom is -0.371 e. The first-order valence-electron chi connectivity index (χ1n) is 22.0. The SMILES string of the molecule is Cc1cc(-c2nc(Nc3ccn(C4CCN(CC5CCN(c6ccc7c(c6)C(=O)N(C6CCC(=O)NC6=O)C7=O)CC5)CC4)n3)ncc2F)ccc1CNC(=O)c1cn(C2CC2)nn1. The Labute approximate surface area is 367 Å². The van der Waals surface area contributed by atoms with E-state index in [0.717, 1.165) is 99.2 Å². The number of carbonyl (C=O) groups excluding carboxylic acids is 5. The van der Waals surface area contributed by atoms with Crippen molar-refractivity contribution in [1.82, 2.24) is 55.2 Å². The van der Waals surface area contributed by atoms with Crippen LogP contribution in [0.5, 0.6) is 0 Å². The Hall–Kier alpha value is -6.89. The van der Waals surface area contributed by atoms with Crippen molar-refractivity contribution in [2.45, 2.75) is 83.0 Å². The first-order valence-corrected chi connectivity index (χ1v) is 22.0. The minimum atomic E-state index is -0.981. The van der Waals surface area contributed by atoms with E-state index >= 15 is 4.39 Å². The zero-order valence-corrected chi connectivity index (χ0v) is 35.4. The Morgan fingerprint density at radius 2 is 1.66 bits per heavy atom. The molecule has 18 nitrogen and oxygen atoms in total. The van der Waals surface area contributed by atoms with Crippen molar-refractivity contribution >= 4 is 47.0 Å². The summed E-state index contributed by atoms with van der Waals surface area (Å²) in [7, 11) is 0. The number of aromatic nitrogens is 7. The molecule has 4 fully saturated rings. The molecule has 330 valence electrons. The van der Waals surface area contributed by atoms with Crippen LogP contribution in [0.25, 0.3) is 11.3 Å². The molecule has 0 radical (unpaired) electrons. The monoisotopic (exact) mass is 869 g/mol. The standard InChI is InChI=1S/C45H48FN13O5/c1-26-20-28(2-3-29(26)22-47-41(61)36-25-58(54-52-36)30-4-5-30)40-35(46)23-48-45(51-40)49-38-14-19-57(53-38)31-12-15-55(16-13-31)24-27-10-17-56(18-11-27)32-6-7-33-34(21-32)44(64)59(43(33)63)37-8-9-39(60)50-42(37)62/h2-3,6-7,14,19-21,23,25,27,30-31,37H,4-5,8-13,15-18,22,24H2,1H3,(H,47,61)(H,50,60,62)(H,48,49,51,53). The van der Waals surface area contributed by atoms with E-state index in [2.05, 4.69) is 46.0 Å². The van der Waals surface area contributed by atoms with Crippen LogP contribution in [0.15, 0.2) is 61.1 Å². The quantitative estimate of drug-likeness (QED) is 0.150. The minimum absolute atomic E-state index is 0.0852. The molecule has 10 rings (SSSR count). The van der Waals surface area contributed by atoms with E-state index in [9.17, 15) is 24.0 Å². The highest BCUT2D eigenvalue weighted by molar-refractivity contribution is 6.23. The van der Waals surface area contributed by atoms with Crippen molar-refractivity contribution in [1.29, 1.82) is 0 Å². The lowest BCUT2D eigenvalue weighted by Gasteiger charge is -2.38. The summed E-state index contributed by atoms with van der Waals surface area (Å²) in [6.45, 7) is 6.79. The van der Waals surface area contributed by atoms with Gasteiger partial charge in [0.05, 0.1) is 35.6 Å². The van der Waals surface area contributed by atoms with E-state index in [1.807, 2.05) is 42.1 Å². The molecule has 1 aliphatic carbocycles. The Morgan fingerprint density at radius 3 is 2.42 bits per heavy atom. The van der Waals surface area contributed by atoms with Gasteiger partial charge in [0.1, 0.15) is 11.7 Å². The van der Waals surface area contributed by atoms with Crippen molar-refractivity contribution in [3.8, 4) is 11.3 Å². The number of nitrogens with zero attached hydrogens (tertiary/aromatic N) is 10. The molecular weight excluding hydrogens is 822 g/mol. The summed E-state index contributed by atoms with van der Waals surface area (Å²) in [6, 6.07) is 12.3. The van der Waals surface area contributed by atoms with Gasteiger partial charge in [-0.3, -0.25) is 38.9 Å². The summed E-state index contributed by atoms with van der Waals surface area (Å²) in [4.78, 5) is 77.8. The third kappa shape index (κ3) is 8.34. The highest BCUT2D eigenvalue weighted by atomic mass is 19.1. The van der Waals surface area contributed by atoms with Crippen LogP contribution >= 0.6 is 0 Å². The van der Waals surface area contributed by atoms with Gasteiger partial charge in [0.2, 0.25) is 17.8 Å². The van der Waals surface area contributed by atoms with Crippen LogP contribution in [0.2, 0.25) is 0 Å². The molecule has 0 spiro atoms. The van der Waals surface area contributed by atoms with Crippen molar-refractivity contribution in [3.63, 3.8) is 0 Å². The third-order valence-electron chi connectivity index (χ3n) is 13.2. The fourth-order valence-electron chi connectivity index (χ4n) is 9.32. The van der Waals surface area contributed by atoms with Crippen LogP contribution in [0.1, 0.15) is 106 Å². The first-order chi connectivity index (χ1) is 31.0. The number of hydrogen-bond donors (Lipinski definition) is 3. The van der Waals surface area contributed by atoms with E-state index < -0.39 is 35.5 Å². The normalized spacial score (nSPS) is 19.9. The lowest BCUT2D eigenvalue weighted by Crippen LogP contribution is -2.54. The zero-order chi connectivity index (χ0) is 44.1. The Morgan fingerprint density at radius 1 is 0.875 bits per heavy atom. The van der Waals surface area contributed by atoms with Crippen molar-refractivity contribution in [3.05, 3.63) is 94.8 Å². The maximum Gasteiger partial charge on any atom is 0.273 e. The molecule has 3 N–H and O–H groups in total. The molecule has 0 bridgehead atoms. The highest BCUT2D eigenvalue weighted by Gasteiger charge is 2.45. The number of aryl methyl sites for hydroxylation is 1. The maximum atomic E-state index is 15.1. The van der Waals surface area contributed by atoms with Crippen molar-refractivity contribution < 1.29 is 28.4 Å². The van der Waals surface area contributed by atoms with Crippen LogP contribution < -0.4 is 20.9 Å². The van der Waals surface area contributed by atoms with Crippen LogP contribution in [0, 0.1) is 18.7 Å². The second-order valence-electron chi connectivity index (χ2n) is 17.5. The predicted octanol–water partition coefficient (Wildman–Crippen LogP) is 4.34. The van der Waals surface area contributed by atoms with Crippen molar-refractivity contribution in [2.24, 2.45) is 5.92 Å². The van der Waals surface area contributed by atoms with E-state index in [-0.39, 0.29) is 54.2 Å². The molecule has 64 heavy (non-hydrogen) atoms. The van der Waals surface area contributed by atoms with Gasteiger partial charge in [0.15, 0.2) is 17.3 Å². The molecule has 1 saturated carbocycles. The molecule has 4 aliphatic heterocycles. The van der Waals surface area contributed by atoms with Crippen LogP contribution in [0.4, 0.5) is 21.8 Å². The fraction of sp³-hybridized carbons (Fsp3) is 0.422. The molecule has 3 aromatic heterocycles. The number of hydrogen-bond acceptors (Lipinski definition) is 13. The molecule has 19 heteroatoms. The topological polar surface area (TPSA) is 205 Å². The van der Waals surface area contributed by atoms with Crippen LogP contribution in [0.3, 0.4) is 0 Å². The number of amides is 5. The summed E-state index contributed by atoms with van der Waals surface area (Å²) in [5.41, 5.74) is 4.25.